The van der Waals surface area contributed by atoms with E-state index < -0.39 is 0 Å². The van der Waals surface area contributed by atoms with Crippen molar-refractivity contribution in [1.29, 1.82) is 0 Å². The maximum atomic E-state index is 5.33. The maximum absolute atomic E-state index is 5.33. The van der Waals surface area contributed by atoms with E-state index in [1.807, 2.05) is 0 Å². The number of ether oxygens (including phenoxy) is 1. The molecule has 2 aromatic heterocycles. The van der Waals surface area contributed by atoms with Crippen molar-refractivity contribution in [3.05, 3.63) is 18.2 Å². The summed E-state index contributed by atoms with van der Waals surface area (Å²) in [5, 5.41) is 3.96. The molecule has 0 amide bonds. The van der Waals surface area contributed by atoms with E-state index >= 15 is 0 Å². The first-order valence-electron chi connectivity index (χ1n) is 4.53. The summed E-state index contributed by atoms with van der Waals surface area (Å²) in [5.74, 6) is 6.61. The van der Waals surface area contributed by atoms with Crippen molar-refractivity contribution in [2.45, 2.75) is 6.92 Å². The summed E-state index contributed by atoms with van der Waals surface area (Å²) in [7, 11) is 1.75. The van der Waals surface area contributed by atoms with Gasteiger partial charge in [-0.15, -0.1) is 5.10 Å². The first-order valence-corrected chi connectivity index (χ1v) is 4.53. The first-order chi connectivity index (χ1) is 7.67. The number of hydrazine groups is 1. The van der Waals surface area contributed by atoms with Crippen LogP contribution in [0.15, 0.2) is 12.4 Å². The molecule has 0 aliphatic rings. The van der Waals surface area contributed by atoms with Gasteiger partial charge in [0.05, 0.1) is 0 Å². The van der Waals surface area contributed by atoms with Gasteiger partial charge in [0.2, 0.25) is 5.88 Å². The van der Waals surface area contributed by atoms with Crippen molar-refractivity contribution < 1.29 is 4.74 Å². The Kier molecular flexibility index (Phi) is 2.64. The molecule has 3 N–H and O–H groups in total. The highest BCUT2D eigenvalue weighted by molar-refractivity contribution is 5.37. The van der Waals surface area contributed by atoms with Gasteiger partial charge in [0.15, 0.2) is 0 Å². The fourth-order valence-electron chi connectivity index (χ4n) is 1.13. The molecule has 0 saturated carbocycles. The van der Waals surface area contributed by atoms with Gasteiger partial charge in [-0.05, 0) is 6.92 Å². The largest absolute Gasteiger partial charge is 0.404 e. The minimum Gasteiger partial charge on any atom is -0.404 e. The predicted octanol–water partition coefficient (Wildman–Crippen LogP) is -0.00858. The minimum absolute atomic E-state index is 0.226. The average molecular weight is 221 g/mol. The molecule has 0 aliphatic heterocycles. The van der Waals surface area contributed by atoms with Crippen LogP contribution < -0.4 is 16.0 Å². The first kappa shape index (κ1) is 10.3. The van der Waals surface area contributed by atoms with E-state index in [-0.39, 0.29) is 6.01 Å². The molecule has 0 aromatic carbocycles. The Morgan fingerprint density at radius 1 is 1.44 bits per heavy atom. The number of aryl methyl sites for hydroxylation is 2. The summed E-state index contributed by atoms with van der Waals surface area (Å²) in [6, 6.07) is 1.78. The molecule has 0 unspecified atom stereocenters. The lowest BCUT2D eigenvalue weighted by Gasteiger charge is -2.03. The Labute approximate surface area is 91.5 Å². The highest BCUT2D eigenvalue weighted by atomic mass is 16.5. The third-order valence-electron chi connectivity index (χ3n) is 1.74. The Morgan fingerprint density at radius 2 is 2.25 bits per heavy atom. The van der Waals surface area contributed by atoms with E-state index in [4.69, 9.17) is 10.6 Å². The van der Waals surface area contributed by atoms with E-state index in [1.165, 1.54) is 11.0 Å². The molecule has 84 valence electrons. The normalized spacial score (nSPS) is 10.2. The van der Waals surface area contributed by atoms with Crippen LogP contribution in [0.25, 0.3) is 0 Å². The van der Waals surface area contributed by atoms with Gasteiger partial charge in [-0.3, -0.25) is 4.68 Å². The van der Waals surface area contributed by atoms with Crippen molar-refractivity contribution in [3.63, 3.8) is 0 Å². The van der Waals surface area contributed by atoms with Gasteiger partial charge in [0, 0.05) is 13.1 Å². The summed E-state index contributed by atoms with van der Waals surface area (Å²) >= 11 is 0. The molecule has 16 heavy (non-hydrogen) atoms. The van der Waals surface area contributed by atoms with Crippen molar-refractivity contribution in [1.82, 2.24) is 24.7 Å². The van der Waals surface area contributed by atoms with Gasteiger partial charge in [0.1, 0.15) is 18.0 Å². The average Bonchev–Trinajstić information content (AvgIpc) is 2.63. The SMILES string of the molecule is Cc1nc(NN)cc(Oc2ncn(C)n2)n1. The van der Waals surface area contributed by atoms with E-state index in [1.54, 1.807) is 20.0 Å². The predicted molar refractivity (Wildman–Crippen MR) is 55.7 cm³/mol. The molecule has 8 heteroatoms. The number of nitrogens with zero attached hydrogens (tertiary/aromatic N) is 5. The van der Waals surface area contributed by atoms with Gasteiger partial charge in [-0.1, -0.05) is 0 Å². The molecule has 0 spiro atoms. The monoisotopic (exact) mass is 221 g/mol. The van der Waals surface area contributed by atoms with Crippen LogP contribution >= 0.6 is 0 Å². The molecule has 2 heterocycles. The van der Waals surface area contributed by atoms with Gasteiger partial charge in [-0.2, -0.15) is 9.97 Å². The second-order valence-electron chi connectivity index (χ2n) is 3.09. The highest BCUT2D eigenvalue weighted by Gasteiger charge is 2.06. The summed E-state index contributed by atoms with van der Waals surface area (Å²) in [4.78, 5) is 12.0. The number of rotatable bonds is 3. The number of hydrogen-bond donors (Lipinski definition) is 2. The third kappa shape index (κ3) is 2.23. The molecule has 0 fully saturated rings. The molecule has 2 aromatic rings. The van der Waals surface area contributed by atoms with Crippen LogP contribution in [0.1, 0.15) is 5.82 Å². The second kappa shape index (κ2) is 4.11. The molecule has 8 nitrogen and oxygen atoms in total. The lowest BCUT2D eigenvalue weighted by atomic mass is 10.5. The van der Waals surface area contributed by atoms with Gasteiger partial charge in [0.25, 0.3) is 0 Å². The van der Waals surface area contributed by atoms with Crippen molar-refractivity contribution in [3.8, 4) is 11.9 Å². The summed E-state index contributed by atoms with van der Waals surface area (Å²) in [6.07, 6.45) is 1.53. The molecule has 0 aliphatic carbocycles. The van der Waals surface area contributed by atoms with Crippen LogP contribution in [0.5, 0.6) is 11.9 Å². The lowest BCUT2D eigenvalue weighted by Crippen LogP contribution is -2.10. The van der Waals surface area contributed by atoms with Crippen molar-refractivity contribution in [2.75, 3.05) is 5.43 Å². The van der Waals surface area contributed by atoms with Crippen LogP contribution in [0.3, 0.4) is 0 Å². The van der Waals surface area contributed by atoms with Crippen molar-refractivity contribution in [2.24, 2.45) is 12.9 Å². The second-order valence-corrected chi connectivity index (χ2v) is 3.09. The third-order valence-corrected chi connectivity index (χ3v) is 1.74. The van der Waals surface area contributed by atoms with Crippen molar-refractivity contribution >= 4 is 5.82 Å². The molecule has 0 saturated heterocycles. The number of aromatic nitrogens is 5. The lowest BCUT2D eigenvalue weighted by molar-refractivity contribution is 0.420. The Bertz CT molecular complexity index is 495. The van der Waals surface area contributed by atoms with Crippen LogP contribution in [0.2, 0.25) is 0 Å². The van der Waals surface area contributed by atoms with E-state index in [9.17, 15) is 0 Å². The molecule has 0 bridgehead atoms. The molecule has 0 radical (unpaired) electrons. The number of nitrogens with two attached hydrogens (primary N) is 1. The van der Waals surface area contributed by atoms with Gasteiger partial charge >= 0.3 is 6.01 Å². The summed E-state index contributed by atoms with van der Waals surface area (Å²) in [5.41, 5.74) is 2.42. The Hall–Kier alpha value is -2.22. The van der Waals surface area contributed by atoms with Crippen LogP contribution in [-0.4, -0.2) is 24.7 Å². The van der Waals surface area contributed by atoms with E-state index in [0.29, 0.717) is 17.5 Å². The fourth-order valence-corrected chi connectivity index (χ4v) is 1.13. The van der Waals surface area contributed by atoms with Crippen LogP contribution in [-0.2, 0) is 7.05 Å². The zero-order valence-electron chi connectivity index (χ0n) is 8.88. The topological polar surface area (TPSA) is 104 Å². The zero-order chi connectivity index (χ0) is 11.5. The van der Waals surface area contributed by atoms with Gasteiger partial charge < -0.3 is 10.2 Å². The molecular formula is C8H11N7O. The molecular weight excluding hydrogens is 210 g/mol. The Morgan fingerprint density at radius 3 is 2.88 bits per heavy atom. The highest BCUT2D eigenvalue weighted by Crippen LogP contribution is 2.17. The maximum Gasteiger partial charge on any atom is 0.342 e. The number of nitrogen functional groups attached to an aromatic ring is 1. The summed E-state index contributed by atoms with van der Waals surface area (Å²) in [6.45, 7) is 1.74. The minimum atomic E-state index is 0.226. The summed E-state index contributed by atoms with van der Waals surface area (Å²) < 4.78 is 6.87. The van der Waals surface area contributed by atoms with Crippen LogP contribution in [0, 0.1) is 6.92 Å². The van der Waals surface area contributed by atoms with Crippen LogP contribution in [0.4, 0.5) is 5.82 Å². The Balaban J connectivity index is 2.24. The van der Waals surface area contributed by atoms with E-state index in [0.717, 1.165) is 0 Å². The van der Waals surface area contributed by atoms with E-state index in [2.05, 4.69) is 25.5 Å². The zero-order valence-corrected chi connectivity index (χ0v) is 8.88. The smallest absolute Gasteiger partial charge is 0.342 e. The standard InChI is InChI=1S/C8H11N7O/c1-5-11-6(13-9)3-7(12-5)16-8-10-4-15(2)14-8/h3-4H,9H2,1-2H3,(H,11,12,13). The fraction of sp³-hybridized carbons (Fsp3) is 0.250. The number of anilines is 1. The van der Waals surface area contributed by atoms with Gasteiger partial charge in [-0.25, -0.2) is 10.8 Å². The number of nitrogens with one attached hydrogen (secondary N) is 1. The molecule has 2 rings (SSSR count). The number of hydrogen-bond acceptors (Lipinski definition) is 7. The quantitative estimate of drug-likeness (QED) is 0.555. The molecule has 0 atom stereocenters.